The molecule has 0 spiro atoms. The number of hydrogen-bond donors (Lipinski definition) is 1. The van der Waals surface area contributed by atoms with Crippen LogP contribution in [0.5, 0.6) is 0 Å². The molecule has 7 nitrogen and oxygen atoms in total. The number of anilines is 1. The van der Waals surface area contributed by atoms with E-state index < -0.39 is 5.60 Å². The van der Waals surface area contributed by atoms with Crippen LogP contribution in [0.25, 0.3) is 5.69 Å². The van der Waals surface area contributed by atoms with Crippen LogP contribution < -0.4 is 5.32 Å². The lowest BCUT2D eigenvalue weighted by Crippen LogP contribution is -2.41. The average molecular weight is 461 g/mol. The van der Waals surface area contributed by atoms with E-state index >= 15 is 0 Å². The predicted octanol–water partition coefficient (Wildman–Crippen LogP) is 5.55. The van der Waals surface area contributed by atoms with Crippen molar-refractivity contribution in [3.63, 3.8) is 0 Å². The maximum absolute atomic E-state index is 13.3. The Bertz CT molecular complexity index is 1140. The van der Waals surface area contributed by atoms with Gasteiger partial charge in [-0.25, -0.2) is 9.48 Å². The molecule has 3 aromatic rings. The molecule has 0 bridgehead atoms. The molecule has 0 atom stereocenters. The number of carbonyl (C=O) groups excluding carboxylic acids is 2. The average Bonchev–Trinajstić information content (AvgIpc) is 3.24. The van der Waals surface area contributed by atoms with Gasteiger partial charge in [0.25, 0.3) is 5.91 Å². The molecule has 1 aliphatic rings. The number of para-hydroxylation sites is 1. The fraction of sp³-hybridized carbons (Fsp3) is 0.370. The number of likely N-dealkylation sites (tertiary alicyclic amines) is 1. The molecule has 7 heteroatoms. The molecule has 1 aromatic heterocycles. The molecule has 0 saturated carbocycles. The van der Waals surface area contributed by atoms with Crippen LogP contribution in [0.3, 0.4) is 0 Å². The van der Waals surface area contributed by atoms with Crippen molar-refractivity contribution in [2.75, 3.05) is 18.4 Å². The summed E-state index contributed by atoms with van der Waals surface area (Å²) < 4.78 is 7.41. The number of ether oxygens (including phenoxy) is 1. The van der Waals surface area contributed by atoms with Crippen molar-refractivity contribution in [2.24, 2.45) is 0 Å². The number of benzene rings is 2. The Morgan fingerprint density at radius 3 is 2.26 bits per heavy atom. The Hall–Kier alpha value is -3.61. The third kappa shape index (κ3) is 5.47. The molecular formula is C27H32N4O3. The van der Waals surface area contributed by atoms with Gasteiger partial charge in [0.1, 0.15) is 5.60 Å². The summed E-state index contributed by atoms with van der Waals surface area (Å²) in [5.74, 6) is -0.104. The lowest BCUT2D eigenvalue weighted by molar-refractivity contribution is 0.0203. The topological polar surface area (TPSA) is 76.5 Å². The maximum atomic E-state index is 13.3. The molecule has 34 heavy (non-hydrogen) atoms. The Labute approximate surface area is 200 Å². The molecule has 1 N–H and O–H groups in total. The summed E-state index contributed by atoms with van der Waals surface area (Å²) in [6.45, 7) is 8.79. The SMILES string of the molecule is Cc1ccc(-n2ncc(C(=O)Nc3ccccc3)c2C2CCN(C(=O)OC(C)(C)C)CC2)cc1. The van der Waals surface area contributed by atoms with E-state index in [1.165, 1.54) is 0 Å². The van der Waals surface area contributed by atoms with E-state index in [0.29, 0.717) is 18.7 Å². The Morgan fingerprint density at radius 1 is 1.00 bits per heavy atom. The molecule has 2 amide bonds. The summed E-state index contributed by atoms with van der Waals surface area (Å²) in [6.07, 6.45) is 2.80. The lowest BCUT2D eigenvalue weighted by Gasteiger charge is -2.34. The van der Waals surface area contributed by atoms with Gasteiger partial charge < -0.3 is 15.0 Å². The quantitative estimate of drug-likeness (QED) is 0.554. The van der Waals surface area contributed by atoms with Crippen LogP contribution in [0.1, 0.15) is 61.1 Å². The number of nitrogens with one attached hydrogen (secondary N) is 1. The smallest absolute Gasteiger partial charge is 0.410 e. The first kappa shape index (κ1) is 23.5. The Morgan fingerprint density at radius 2 is 1.65 bits per heavy atom. The summed E-state index contributed by atoms with van der Waals surface area (Å²) >= 11 is 0. The molecule has 1 fully saturated rings. The first-order valence-corrected chi connectivity index (χ1v) is 11.7. The fourth-order valence-corrected chi connectivity index (χ4v) is 4.20. The van der Waals surface area contributed by atoms with Gasteiger partial charge in [-0.3, -0.25) is 4.79 Å². The van der Waals surface area contributed by atoms with Gasteiger partial charge in [0, 0.05) is 24.7 Å². The largest absolute Gasteiger partial charge is 0.444 e. The van der Waals surface area contributed by atoms with Crippen LogP contribution >= 0.6 is 0 Å². The molecular weight excluding hydrogens is 428 g/mol. The van der Waals surface area contributed by atoms with Gasteiger partial charge in [0.05, 0.1) is 23.1 Å². The molecule has 2 aromatic carbocycles. The number of carbonyl (C=O) groups is 2. The van der Waals surface area contributed by atoms with Crippen LogP contribution in [0.2, 0.25) is 0 Å². The number of hydrogen-bond acceptors (Lipinski definition) is 4. The van der Waals surface area contributed by atoms with Gasteiger partial charge in [0.2, 0.25) is 0 Å². The second-order valence-corrected chi connectivity index (χ2v) is 9.75. The van der Waals surface area contributed by atoms with Crippen LogP contribution in [-0.4, -0.2) is 45.4 Å². The zero-order valence-corrected chi connectivity index (χ0v) is 20.2. The minimum absolute atomic E-state index is 0.0824. The summed E-state index contributed by atoms with van der Waals surface area (Å²) in [4.78, 5) is 27.5. The van der Waals surface area contributed by atoms with Crippen molar-refractivity contribution >= 4 is 17.7 Å². The Kier molecular flexibility index (Phi) is 6.72. The van der Waals surface area contributed by atoms with E-state index in [-0.39, 0.29) is 17.9 Å². The molecule has 0 radical (unpaired) electrons. The van der Waals surface area contributed by atoms with Crippen molar-refractivity contribution in [2.45, 2.75) is 52.1 Å². The highest BCUT2D eigenvalue weighted by molar-refractivity contribution is 6.05. The van der Waals surface area contributed by atoms with Gasteiger partial charge in [-0.05, 0) is 64.8 Å². The van der Waals surface area contributed by atoms with Crippen molar-refractivity contribution in [3.05, 3.63) is 77.6 Å². The van der Waals surface area contributed by atoms with Crippen LogP contribution in [-0.2, 0) is 4.74 Å². The second kappa shape index (κ2) is 9.71. The summed E-state index contributed by atoms with van der Waals surface area (Å²) in [5, 5.41) is 7.59. The van der Waals surface area contributed by atoms with Crippen molar-refractivity contribution in [1.29, 1.82) is 0 Å². The summed E-state index contributed by atoms with van der Waals surface area (Å²) in [5.41, 5.74) is 3.71. The van der Waals surface area contributed by atoms with E-state index in [2.05, 4.69) is 10.4 Å². The number of rotatable bonds is 4. The molecule has 178 valence electrons. The molecule has 1 saturated heterocycles. The molecule has 1 aliphatic heterocycles. The predicted molar refractivity (Wildman–Crippen MR) is 132 cm³/mol. The normalized spacial score (nSPS) is 14.6. The minimum Gasteiger partial charge on any atom is -0.444 e. The van der Waals surface area contributed by atoms with Crippen LogP contribution in [0.4, 0.5) is 10.5 Å². The van der Waals surface area contributed by atoms with Crippen LogP contribution in [0.15, 0.2) is 60.8 Å². The van der Waals surface area contributed by atoms with Crippen LogP contribution in [0, 0.1) is 6.92 Å². The second-order valence-electron chi connectivity index (χ2n) is 9.75. The minimum atomic E-state index is -0.527. The van der Waals surface area contributed by atoms with E-state index in [0.717, 1.165) is 35.5 Å². The standard InChI is InChI=1S/C27H32N4O3/c1-19-10-12-22(13-11-19)31-24(20-14-16-30(17-15-20)26(33)34-27(2,3)4)23(18-28-31)25(32)29-21-8-6-5-7-9-21/h5-13,18,20H,14-17H2,1-4H3,(H,29,32). The molecule has 0 aliphatic carbocycles. The van der Waals surface area contributed by atoms with Gasteiger partial charge in [-0.15, -0.1) is 0 Å². The van der Waals surface area contributed by atoms with E-state index in [4.69, 9.17) is 4.74 Å². The zero-order valence-electron chi connectivity index (χ0n) is 20.2. The number of amides is 2. The summed E-state index contributed by atoms with van der Waals surface area (Å²) in [6, 6.07) is 17.5. The third-order valence-corrected chi connectivity index (χ3v) is 5.89. The van der Waals surface area contributed by atoms with E-state index in [1.807, 2.05) is 87.0 Å². The van der Waals surface area contributed by atoms with E-state index in [9.17, 15) is 9.59 Å². The maximum Gasteiger partial charge on any atom is 0.410 e. The highest BCUT2D eigenvalue weighted by Gasteiger charge is 2.32. The van der Waals surface area contributed by atoms with Gasteiger partial charge in [0.15, 0.2) is 0 Å². The number of aromatic nitrogens is 2. The van der Waals surface area contributed by atoms with E-state index in [1.54, 1.807) is 11.1 Å². The molecule has 4 rings (SSSR count). The fourth-order valence-electron chi connectivity index (χ4n) is 4.20. The lowest BCUT2D eigenvalue weighted by atomic mass is 9.90. The van der Waals surface area contributed by atoms with Crippen molar-refractivity contribution in [3.8, 4) is 5.69 Å². The number of aryl methyl sites for hydroxylation is 1. The van der Waals surface area contributed by atoms with Gasteiger partial charge in [-0.2, -0.15) is 5.10 Å². The first-order chi connectivity index (χ1) is 16.2. The highest BCUT2D eigenvalue weighted by atomic mass is 16.6. The number of nitrogens with zero attached hydrogens (tertiary/aromatic N) is 3. The van der Waals surface area contributed by atoms with Gasteiger partial charge >= 0.3 is 6.09 Å². The van der Waals surface area contributed by atoms with Crippen molar-refractivity contribution in [1.82, 2.24) is 14.7 Å². The summed E-state index contributed by atoms with van der Waals surface area (Å²) in [7, 11) is 0. The van der Waals surface area contributed by atoms with Crippen molar-refractivity contribution < 1.29 is 14.3 Å². The monoisotopic (exact) mass is 460 g/mol. The Balaban J connectivity index is 1.60. The number of piperidine rings is 1. The third-order valence-electron chi connectivity index (χ3n) is 5.89. The van der Waals surface area contributed by atoms with Gasteiger partial charge in [-0.1, -0.05) is 35.9 Å². The molecule has 2 heterocycles. The zero-order chi connectivity index (χ0) is 24.3. The first-order valence-electron chi connectivity index (χ1n) is 11.7. The molecule has 0 unspecified atom stereocenters. The highest BCUT2D eigenvalue weighted by Crippen LogP contribution is 2.33.